The van der Waals surface area contributed by atoms with Gasteiger partial charge in [0.1, 0.15) is 11.4 Å². The second-order valence-corrected chi connectivity index (χ2v) is 10.7. The van der Waals surface area contributed by atoms with Gasteiger partial charge in [0.15, 0.2) is 0 Å². The van der Waals surface area contributed by atoms with Gasteiger partial charge in [-0.05, 0) is 49.7 Å². The van der Waals surface area contributed by atoms with Crippen LogP contribution in [0.25, 0.3) is 6.08 Å². The highest BCUT2D eigenvalue weighted by molar-refractivity contribution is 5.85. The number of anilines is 1. The summed E-state index contributed by atoms with van der Waals surface area (Å²) < 4.78 is 1.70. The number of carbonyl (C=O) groups is 1. The van der Waals surface area contributed by atoms with Gasteiger partial charge in [0.2, 0.25) is 0 Å². The molecule has 3 aliphatic heterocycles. The first-order chi connectivity index (χ1) is 13.9. The smallest absolute Gasteiger partial charge is 0.327 e. The highest BCUT2D eigenvalue weighted by Crippen LogP contribution is 2.42. The van der Waals surface area contributed by atoms with Crippen molar-refractivity contribution < 1.29 is 9.90 Å². The van der Waals surface area contributed by atoms with Crippen LogP contribution in [0.15, 0.2) is 22.5 Å². The zero-order valence-corrected chi connectivity index (χ0v) is 18.9. The van der Waals surface area contributed by atoms with E-state index in [-0.39, 0.29) is 35.0 Å². The molecule has 30 heavy (non-hydrogen) atoms. The SMILES string of the molecule is Cn1c2c([nH]c1=O)C=CC(C1=CC3CCC1CN3C(=O)C(C)(C)O)N2CC(C)(C)C. The van der Waals surface area contributed by atoms with Crippen LogP contribution in [0, 0.1) is 11.3 Å². The molecule has 1 amide bonds. The zero-order chi connectivity index (χ0) is 22.0. The summed E-state index contributed by atoms with van der Waals surface area (Å²) in [5.41, 5.74) is 0.761. The molecule has 0 saturated carbocycles. The number of imidazole rings is 1. The molecule has 3 atom stereocenters. The van der Waals surface area contributed by atoms with Gasteiger partial charge in [0.25, 0.3) is 5.91 Å². The summed E-state index contributed by atoms with van der Waals surface area (Å²) in [6.45, 7) is 11.2. The predicted octanol–water partition coefficient (Wildman–Crippen LogP) is 2.28. The van der Waals surface area contributed by atoms with Crippen molar-refractivity contribution in [2.75, 3.05) is 18.0 Å². The van der Waals surface area contributed by atoms with Gasteiger partial charge in [-0.1, -0.05) is 32.9 Å². The minimum atomic E-state index is -1.35. The lowest BCUT2D eigenvalue weighted by Gasteiger charge is -2.49. The Labute approximate surface area is 178 Å². The molecule has 0 spiro atoms. The molecule has 1 aromatic rings. The summed E-state index contributed by atoms with van der Waals surface area (Å²) in [5.74, 6) is 0.985. The van der Waals surface area contributed by atoms with Crippen LogP contribution < -0.4 is 10.6 Å². The number of nitrogens with one attached hydrogen (secondary N) is 1. The summed E-state index contributed by atoms with van der Waals surface area (Å²) in [5, 5.41) is 10.2. The van der Waals surface area contributed by atoms with Gasteiger partial charge in [-0.2, -0.15) is 0 Å². The lowest BCUT2D eigenvalue weighted by Crippen LogP contribution is -2.57. The molecule has 7 nitrogen and oxygen atoms in total. The van der Waals surface area contributed by atoms with E-state index >= 15 is 0 Å². The fraction of sp³-hybridized carbons (Fsp3) is 0.652. The van der Waals surface area contributed by atoms with E-state index in [2.05, 4.69) is 42.8 Å². The van der Waals surface area contributed by atoms with E-state index < -0.39 is 5.60 Å². The maximum atomic E-state index is 12.7. The molecule has 5 rings (SSSR count). The first-order valence-corrected chi connectivity index (χ1v) is 10.9. The third-order valence-electron chi connectivity index (χ3n) is 6.41. The molecule has 2 bridgehead atoms. The van der Waals surface area contributed by atoms with E-state index in [1.165, 1.54) is 5.57 Å². The van der Waals surface area contributed by atoms with Crippen molar-refractivity contribution in [1.29, 1.82) is 0 Å². The fourth-order valence-electron chi connectivity index (χ4n) is 5.11. The van der Waals surface area contributed by atoms with Crippen LogP contribution in [0.4, 0.5) is 5.82 Å². The summed E-state index contributed by atoms with van der Waals surface area (Å²) in [7, 11) is 1.81. The van der Waals surface area contributed by atoms with Crippen LogP contribution in [0.1, 0.15) is 53.2 Å². The van der Waals surface area contributed by atoms with Crippen LogP contribution in [0.5, 0.6) is 0 Å². The third-order valence-corrected chi connectivity index (χ3v) is 6.41. The average Bonchev–Trinajstić information content (AvgIpc) is 2.94. The van der Waals surface area contributed by atoms with Crippen molar-refractivity contribution in [3.05, 3.63) is 33.9 Å². The van der Waals surface area contributed by atoms with E-state index in [0.29, 0.717) is 6.54 Å². The van der Waals surface area contributed by atoms with Crippen molar-refractivity contribution in [2.45, 2.75) is 65.1 Å². The van der Waals surface area contributed by atoms with Gasteiger partial charge in [-0.25, -0.2) is 4.79 Å². The Kier molecular flexibility index (Phi) is 4.80. The van der Waals surface area contributed by atoms with Crippen LogP contribution in [0.3, 0.4) is 0 Å². The van der Waals surface area contributed by atoms with E-state index in [1.807, 2.05) is 18.0 Å². The van der Waals surface area contributed by atoms with Crippen LogP contribution >= 0.6 is 0 Å². The first-order valence-electron chi connectivity index (χ1n) is 10.9. The number of piperidine rings is 1. The van der Waals surface area contributed by atoms with Crippen molar-refractivity contribution in [1.82, 2.24) is 14.5 Å². The molecule has 7 heteroatoms. The molecular formula is C23H34N4O3. The third kappa shape index (κ3) is 3.53. The van der Waals surface area contributed by atoms with Gasteiger partial charge in [0.05, 0.1) is 17.8 Å². The lowest BCUT2D eigenvalue weighted by molar-refractivity contribution is -0.152. The monoisotopic (exact) mass is 414 g/mol. The Hall–Kier alpha value is -2.28. The van der Waals surface area contributed by atoms with E-state index in [0.717, 1.165) is 30.9 Å². The maximum absolute atomic E-state index is 12.7. The molecule has 1 aliphatic carbocycles. The number of aliphatic hydroxyl groups is 1. The van der Waals surface area contributed by atoms with Crippen LogP contribution in [-0.4, -0.2) is 56.2 Å². The fourth-order valence-corrected chi connectivity index (χ4v) is 5.11. The predicted molar refractivity (Wildman–Crippen MR) is 118 cm³/mol. The molecule has 3 unspecified atom stereocenters. The number of carbonyl (C=O) groups excluding carboxylic acids is 1. The molecule has 0 radical (unpaired) electrons. The number of amides is 1. The summed E-state index contributed by atoms with van der Waals surface area (Å²) in [6, 6.07) is 0.0792. The highest BCUT2D eigenvalue weighted by atomic mass is 16.3. The second-order valence-electron chi connectivity index (χ2n) is 10.7. The Bertz CT molecular complexity index is 970. The number of H-pyrrole nitrogens is 1. The van der Waals surface area contributed by atoms with Gasteiger partial charge < -0.3 is 19.9 Å². The molecule has 2 N–H and O–H groups in total. The van der Waals surface area contributed by atoms with E-state index in [9.17, 15) is 14.7 Å². The number of fused-ring (bicyclic) bond motifs is 3. The largest absolute Gasteiger partial charge is 0.381 e. The summed E-state index contributed by atoms with van der Waals surface area (Å²) in [6.07, 6.45) is 8.40. The second kappa shape index (κ2) is 6.87. The van der Waals surface area contributed by atoms with Gasteiger partial charge in [-0.15, -0.1) is 0 Å². The molecular weight excluding hydrogens is 380 g/mol. The van der Waals surface area contributed by atoms with Gasteiger partial charge in [-0.3, -0.25) is 9.36 Å². The standard InChI is InChI=1S/C23H34N4O3/c1-22(2,3)13-27-18(10-9-17-19(27)25(6)21(29)24-17)16-11-15-8-7-14(16)12-26(15)20(28)23(4,5)30/h9-11,14-15,18,30H,7-8,12-13H2,1-6H3,(H,24,29). The minimum absolute atomic E-state index is 0.0188. The highest BCUT2D eigenvalue weighted by Gasteiger charge is 2.44. The van der Waals surface area contributed by atoms with Crippen molar-refractivity contribution in [3.8, 4) is 0 Å². The number of hydrogen-bond acceptors (Lipinski definition) is 4. The van der Waals surface area contributed by atoms with Gasteiger partial charge >= 0.3 is 5.69 Å². The van der Waals surface area contributed by atoms with Crippen molar-refractivity contribution in [3.63, 3.8) is 0 Å². The first kappa shape index (κ1) is 21.0. The Balaban J connectivity index is 1.72. The lowest BCUT2D eigenvalue weighted by atomic mass is 9.75. The van der Waals surface area contributed by atoms with Crippen LogP contribution in [0.2, 0.25) is 0 Å². The summed E-state index contributed by atoms with van der Waals surface area (Å²) in [4.78, 5) is 32.2. The number of aromatic amines is 1. The number of rotatable bonds is 3. The molecule has 1 fully saturated rings. The van der Waals surface area contributed by atoms with Crippen molar-refractivity contribution in [2.24, 2.45) is 18.4 Å². The topological polar surface area (TPSA) is 81.6 Å². The van der Waals surface area contributed by atoms with E-state index in [1.54, 1.807) is 18.4 Å². The zero-order valence-electron chi connectivity index (χ0n) is 18.9. The minimum Gasteiger partial charge on any atom is -0.381 e. The molecule has 4 aliphatic rings. The number of hydrogen-bond donors (Lipinski definition) is 2. The van der Waals surface area contributed by atoms with Gasteiger partial charge in [0, 0.05) is 20.1 Å². The molecule has 1 saturated heterocycles. The Morgan fingerprint density at radius 3 is 2.50 bits per heavy atom. The molecule has 164 valence electrons. The quantitative estimate of drug-likeness (QED) is 0.744. The number of nitrogens with zero attached hydrogens (tertiary/aromatic N) is 3. The molecule has 1 aromatic heterocycles. The van der Waals surface area contributed by atoms with Crippen molar-refractivity contribution >= 4 is 17.8 Å². The average molecular weight is 415 g/mol. The Morgan fingerprint density at radius 2 is 1.93 bits per heavy atom. The Morgan fingerprint density at radius 1 is 1.23 bits per heavy atom. The molecule has 4 heterocycles. The normalized spacial score (nSPS) is 26.1. The van der Waals surface area contributed by atoms with Crippen LogP contribution in [-0.2, 0) is 11.8 Å². The maximum Gasteiger partial charge on any atom is 0.327 e. The number of aromatic nitrogens is 2. The van der Waals surface area contributed by atoms with E-state index in [4.69, 9.17) is 0 Å². The summed E-state index contributed by atoms with van der Waals surface area (Å²) >= 11 is 0. The molecule has 0 aromatic carbocycles.